The molecule has 0 aromatic heterocycles. The summed E-state index contributed by atoms with van der Waals surface area (Å²) in [6.45, 7) is 3.64. The van der Waals surface area contributed by atoms with Gasteiger partial charge in [0.05, 0.1) is 12.4 Å². The summed E-state index contributed by atoms with van der Waals surface area (Å²) < 4.78 is 0. The highest BCUT2D eigenvalue weighted by Gasteiger charge is 2.27. The van der Waals surface area contributed by atoms with Gasteiger partial charge in [0.2, 0.25) is 5.91 Å². The van der Waals surface area contributed by atoms with Gasteiger partial charge in [0, 0.05) is 36.5 Å². The monoisotopic (exact) mass is 286 g/mol. The smallest absolute Gasteiger partial charge is 0.223 e. The summed E-state index contributed by atoms with van der Waals surface area (Å²) in [7, 11) is 0. The van der Waals surface area contributed by atoms with Crippen molar-refractivity contribution in [3.63, 3.8) is 0 Å². The standard InChI is InChI=1S/C16H22N4O/c1-2-16(21)20-12-3-4-15-14(8-12)11(5-6-18-15)7-13-9-17-10-19-13/h3-4,7,9,14,17-19H,2,5-6,8,10H2,1H3,(H,20,21)/b11-7+. The van der Waals surface area contributed by atoms with E-state index >= 15 is 0 Å². The predicted octanol–water partition coefficient (Wildman–Crippen LogP) is 1.21. The van der Waals surface area contributed by atoms with Gasteiger partial charge in [-0.1, -0.05) is 12.5 Å². The van der Waals surface area contributed by atoms with Crippen molar-refractivity contribution < 1.29 is 4.79 Å². The number of fused-ring (bicyclic) bond motifs is 1. The fraction of sp³-hybridized carbons (Fsp3) is 0.438. The molecule has 0 bridgehead atoms. The van der Waals surface area contributed by atoms with Crippen LogP contribution in [0.25, 0.3) is 0 Å². The van der Waals surface area contributed by atoms with Crippen LogP contribution in [0.5, 0.6) is 0 Å². The Morgan fingerprint density at radius 2 is 2.33 bits per heavy atom. The lowest BCUT2D eigenvalue weighted by Crippen LogP contribution is -2.34. The van der Waals surface area contributed by atoms with Gasteiger partial charge >= 0.3 is 0 Å². The molecule has 0 aromatic rings. The van der Waals surface area contributed by atoms with Crippen LogP contribution >= 0.6 is 0 Å². The molecule has 0 spiro atoms. The topological polar surface area (TPSA) is 65.2 Å². The van der Waals surface area contributed by atoms with Crippen LogP contribution in [0.1, 0.15) is 26.2 Å². The largest absolute Gasteiger partial charge is 0.388 e. The van der Waals surface area contributed by atoms with Gasteiger partial charge in [0.1, 0.15) is 0 Å². The van der Waals surface area contributed by atoms with Gasteiger partial charge in [-0.2, -0.15) is 0 Å². The molecule has 1 fully saturated rings. The Balaban J connectivity index is 1.77. The lowest BCUT2D eigenvalue weighted by atomic mass is 9.82. The second-order valence-electron chi connectivity index (χ2n) is 5.53. The molecule has 1 saturated heterocycles. The Kier molecular flexibility index (Phi) is 3.99. The number of hydrogen-bond acceptors (Lipinski definition) is 4. The number of rotatable bonds is 3. The normalized spacial score (nSPS) is 25.7. The van der Waals surface area contributed by atoms with Gasteiger partial charge in [-0.05, 0) is 31.1 Å². The summed E-state index contributed by atoms with van der Waals surface area (Å²) in [4.78, 5) is 11.6. The molecular formula is C16H22N4O. The third-order valence-corrected chi connectivity index (χ3v) is 4.07. The van der Waals surface area contributed by atoms with Crippen LogP contribution < -0.4 is 21.3 Å². The first-order valence-electron chi connectivity index (χ1n) is 7.58. The lowest BCUT2D eigenvalue weighted by Gasteiger charge is -2.33. The fourth-order valence-electron chi connectivity index (χ4n) is 2.93. The summed E-state index contributed by atoms with van der Waals surface area (Å²) >= 11 is 0. The van der Waals surface area contributed by atoms with Crippen molar-refractivity contribution in [1.29, 1.82) is 0 Å². The predicted molar refractivity (Wildman–Crippen MR) is 82.6 cm³/mol. The average molecular weight is 286 g/mol. The van der Waals surface area contributed by atoms with Gasteiger partial charge in [0.15, 0.2) is 0 Å². The molecule has 1 unspecified atom stereocenters. The summed E-state index contributed by atoms with van der Waals surface area (Å²) in [5.41, 5.74) is 4.82. The van der Waals surface area contributed by atoms with Gasteiger partial charge < -0.3 is 21.3 Å². The molecule has 5 nitrogen and oxygen atoms in total. The second-order valence-corrected chi connectivity index (χ2v) is 5.53. The molecule has 2 aliphatic heterocycles. The van der Waals surface area contributed by atoms with Crippen LogP contribution in [-0.4, -0.2) is 19.1 Å². The summed E-state index contributed by atoms with van der Waals surface area (Å²) in [6.07, 6.45) is 10.8. The van der Waals surface area contributed by atoms with E-state index in [9.17, 15) is 4.79 Å². The highest BCUT2D eigenvalue weighted by Crippen LogP contribution is 2.34. The SMILES string of the molecule is CCC(=O)NC1=CC=C2NCC/C(=C\C3=CNCN3)C2C1. The number of nitrogens with one attached hydrogen (secondary N) is 4. The van der Waals surface area contributed by atoms with E-state index < -0.39 is 0 Å². The first-order valence-corrected chi connectivity index (χ1v) is 7.58. The molecule has 1 amide bonds. The Labute approximate surface area is 125 Å². The average Bonchev–Trinajstić information content (AvgIpc) is 3.01. The van der Waals surface area contributed by atoms with Crippen molar-refractivity contribution in [1.82, 2.24) is 21.3 Å². The highest BCUT2D eigenvalue weighted by atomic mass is 16.1. The summed E-state index contributed by atoms with van der Waals surface area (Å²) in [5.74, 6) is 0.427. The molecule has 0 radical (unpaired) electrons. The van der Waals surface area contributed by atoms with Crippen LogP contribution in [0, 0.1) is 5.92 Å². The molecule has 3 aliphatic rings. The van der Waals surface area contributed by atoms with Crippen molar-refractivity contribution in [2.45, 2.75) is 26.2 Å². The van der Waals surface area contributed by atoms with Gasteiger partial charge in [0.25, 0.3) is 0 Å². The van der Waals surface area contributed by atoms with E-state index in [0.29, 0.717) is 12.3 Å². The summed E-state index contributed by atoms with van der Waals surface area (Å²) in [6, 6.07) is 0. The third-order valence-electron chi connectivity index (χ3n) is 4.07. The van der Waals surface area contributed by atoms with Crippen molar-refractivity contribution in [2.75, 3.05) is 13.2 Å². The van der Waals surface area contributed by atoms with Gasteiger partial charge in [-0.3, -0.25) is 4.79 Å². The van der Waals surface area contributed by atoms with Crippen LogP contribution in [-0.2, 0) is 4.79 Å². The molecule has 2 heterocycles. The number of carbonyl (C=O) groups excluding carboxylic acids is 1. The first kappa shape index (κ1) is 13.8. The van der Waals surface area contributed by atoms with E-state index in [-0.39, 0.29) is 5.91 Å². The Morgan fingerprint density at radius 3 is 3.10 bits per heavy atom. The zero-order valence-corrected chi connectivity index (χ0v) is 12.3. The molecule has 0 saturated carbocycles. The zero-order valence-electron chi connectivity index (χ0n) is 12.3. The maximum absolute atomic E-state index is 11.6. The second kappa shape index (κ2) is 6.08. The van der Waals surface area contributed by atoms with Crippen LogP contribution in [0.4, 0.5) is 0 Å². The third kappa shape index (κ3) is 3.12. The number of allylic oxidation sites excluding steroid dienone is 5. The van der Waals surface area contributed by atoms with E-state index in [1.807, 2.05) is 19.2 Å². The lowest BCUT2D eigenvalue weighted by molar-refractivity contribution is -0.120. The van der Waals surface area contributed by atoms with Crippen molar-refractivity contribution in [3.05, 3.63) is 47.1 Å². The van der Waals surface area contributed by atoms with Crippen LogP contribution in [0.3, 0.4) is 0 Å². The molecule has 3 rings (SSSR count). The molecule has 1 aliphatic carbocycles. The quantitative estimate of drug-likeness (QED) is 0.630. The molecule has 1 atom stereocenters. The van der Waals surface area contributed by atoms with Crippen molar-refractivity contribution in [3.8, 4) is 0 Å². The molecular weight excluding hydrogens is 264 g/mol. The van der Waals surface area contributed by atoms with Gasteiger partial charge in [-0.25, -0.2) is 0 Å². The Hall–Kier alpha value is -2.17. The molecule has 4 N–H and O–H groups in total. The van der Waals surface area contributed by atoms with Crippen LogP contribution in [0.2, 0.25) is 0 Å². The van der Waals surface area contributed by atoms with Crippen LogP contribution in [0.15, 0.2) is 47.1 Å². The Bertz CT molecular complexity index is 557. The fourth-order valence-corrected chi connectivity index (χ4v) is 2.93. The number of piperidine rings is 1. The molecule has 0 aromatic carbocycles. The summed E-state index contributed by atoms with van der Waals surface area (Å²) in [5, 5.41) is 12.9. The van der Waals surface area contributed by atoms with E-state index in [4.69, 9.17) is 0 Å². The molecule has 5 heteroatoms. The van der Waals surface area contributed by atoms with Gasteiger partial charge in [-0.15, -0.1) is 0 Å². The van der Waals surface area contributed by atoms with E-state index in [0.717, 1.165) is 37.4 Å². The number of amides is 1. The van der Waals surface area contributed by atoms with E-state index in [2.05, 4.69) is 33.4 Å². The zero-order chi connectivity index (χ0) is 14.7. The minimum Gasteiger partial charge on any atom is -0.388 e. The first-order chi connectivity index (χ1) is 10.3. The number of carbonyl (C=O) groups is 1. The van der Waals surface area contributed by atoms with E-state index in [1.54, 1.807) is 0 Å². The maximum atomic E-state index is 11.6. The minimum atomic E-state index is 0.0803. The maximum Gasteiger partial charge on any atom is 0.223 e. The van der Waals surface area contributed by atoms with E-state index in [1.165, 1.54) is 11.3 Å². The minimum absolute atomic E-state index is 0.0803. The molecule has 112 valence electrons. The van der Waals surface area contributed by atoms with Crippen molar-refractivity contribution >= 4 is 5.91 Å². The molecule has 21 heavy (non-hydrogen) atoms. The highest BCUT2D eigenvalue weighted by molar-refractivity contribution is 5.77. The van der Waals surface area contributed by atoms with Crippen molar-refractivity contribution in [2.24, 2.45) is 5.92 Å². The number of hydrogen-bond donors (Lipinski definition) is 4. The Morgan fingerprint density at radius 1 is 1.43 bits per heavy atom.